The van der Waals surface area contributed by atoms with Crippen molar-refractivity contribution in [3.8, 4) is 0 Å². The Kier molecular flexibility index (Phi) is 4.19. The number of nitrogens with one attached hydrogen (secondary N) is 1. The van der Waals surface area contributed by atoms with E-state index in [1.807, 2.05) is 0 Å². The van der Waals surface area contributed by atoms with Crippen molar-refractivity contribution in [3.05, 3.63) is 77.3 Å². The zero-order valence-electron chi connectivity index (χ0n) is 12.2. The third kappa shape index (κ3) is 3.22. The molecule has 0 saturated carbocycles. The average Bonchev–Trinajstić information content (AvgIpc) is 3.22. The van der Waals surface area contributed by atoms with Crippen molar-refractivity contribution >= 4 is 11.5 Å². The number of carbonyl (C=O) groups excluding carboxylic acids is 1. The number of furan rings is 1. The minimum Gasteiger partial charge on any atom is -0.504 e. The first-order valence-corrected chi connectivity index (χ1v) is 6.87. The highest BCUT2D eigenvalue weighted by atomic mass is 19.1. The summed E-state index contributed by atoms with van der Waals surface area (Å²) >= 11 is 0. The monoisotopic (exact) mass is 331 g/mol. The van der Waals surface area contributed by atoms with Crippen molar-refractivity contribution in [1.29, 1.82) is 0 Å². The van der Waals surface area contributed by atoms with Gasteiger partial charge in [-0.15, -0.1) is 0 Å². The number of aromatic nitrogens is 3. The van der Waals surface area contributed by atoms with Crippen LogP contribution in [0.1, 0.15) is 27.7 Å². The molecule has 0 radical (unpaired) electrons. The van der Waals surface area contributed by atoms with E-state index in [0.717, 1.165) is 18.2 Å². The number of benzene rings is 1. The molecule has 0 spiro atoms. The van der Waals surface area contributed by atoms with Crippen molar-refractivity contribution in [2.75, 3.05) is 0 Å². The predicted octanol–water partition coefficient (Wildman–Crippen LogP) is 3.05. The van der Waals surface area contributed by atoms with Gasteiger partial charge in [0.1, 0.15) is 23.7 Å². The number of nitrogens with zero attached hydrogens (tertiary/aromatic N) is 2. The zero-order chi connectivity index (χ0) is 17.1. The van der Waals surface area contributed by atoms with Gasteiger partial charge in [-0.05, 0) is 24.3 Å². The highest BCUT2D eigenvalue weighted by Crippen LogP contribution is 2.19. The summed E-state index contributed by atoms with van der Waals surface area (Å²) in [5.74, 6) is -2.35. The van der Waals surface area contributed by atoms with E-state index in [9.17, 15) is 18.7 Å². The summed E-state index contributed by atoms with van der Waals surface area (Å²) in [6, 6.07) is 6.35. The molecule has 3 aromatic rings. The zero-order valence-corrected chi connectivity index (χ0v) is 12.2. The van der Waals surface area contributed by atoms with Gasteiger partial charge in [-0.2, -0.15) is 5.10 Å². The quantitative estimate of drug-likeness (QED) is 0.426. The topological polar surface area (TPSA) is 92.0 Å². The van der Waals surface area contributed by atoms with Gasteiger partial charge in [0.15, 0.2) is 11.5 Å². The van der Waals surface area contributed by atoms with Crippen molar-refractivity contribution in [1.82, 2.24) is 15.2 Å². The number of aliphatic hydroxyl groups excluding tert-OH is 1. The number of halogens is 2. The lowest BCUT2D eigenvalue weighted by Gasteiger charge is -2.02. The molecule has 0 unspecified atom stereocenters. The van der Waals surface area contributed by atoms with Crippen LogP contribution in [0.5, 0.6) is 0 Å². The fourth-order valence-corrected chi connectivity index (χ4v) is 2.07. The average molecular weight is 331 g/mol. The Labute approximate surface area is 134 Å². The molecule has 0 bridgehead atoms. The number of rotatable bonds is 5. The van der Waals surface area contributed by atoms with E-state index in [1.54, 1.807) is 0 Å². The molecule has 0 atom stereocenters. The van der Waals surface area contributed by atoms with Gasteiger partial charge in [-0.3, -0.25) is 9.89 Å². The van der Waals surface area contributed by atoms with E-state index in [4.69, 9.17) is 4.42 Å². The van der Waals surface area contributed by atoms with Crippen molar-refractivity contribution < 1.29 is 23.1 Å². The first-order valence-electron chi connectivity index (χ1n) is 6.87. The Bertz CT molecular complexity index is 881. The SMILES string of the molecule is O=C(C=C(O)c1nc[nH]n1)c1ccc(Cc2c(F)cccc2F)o1. The summed E-state index contributed by atoms with van der Waals surface area (Å²) in [5, 5.41) is 15.7. The molecule has 6 nitrogen and oxygen atoms in total. The Morgan fingerprint density at radius 3 is 2.67 bits per heavy atom. The summed E-state index contributed by atoms with van der Waals surface area (Å²) in [6.07, 6.45) is 2.01. The van der Waals surface area contributed by atoms with Crippen LogP contribution in [0.3, 0.4) is 0 Å². The van der Waals surface area contributed by atoms with Gasteiger partial charge in [-0.25, -0.2) is 13.8 Å². The highest BCUT2D eigenvalue weighted by molar-refractivity contribution is 6.05. The second-order valence-electron chi connectivity index (χ2n) is 4.86. The van der Waals surface area contributed by atoms with E-state index in [0.29, 0.717) is 0 Å². The van der Waals surface area contributed by atoms with Gasteiger partial charge in [0, 0.05) is 18.1 Å². The van der Waals surface area contributed by atoms with Gasteiger partial charge in [-0.1, -0.05) is 6.07 Å². The van der Waals surface area contributed by atoms with E-state index in [2.05, 4.69) is 15.2 Å². The van der Waals surface area contributed by atoms with Crippen LogP contribution in [0.15, 0.2) is 47.2 Å². The Balaban J connectivity index is 1.78. The molecule has 0 aliphatic heterocycles. The third-order valence-electron chi connectivity index (χ3n) is 3.23. The van der Waals surface area contributed by atoms with Crippen LogP contribution in [0, 0.1) is 11.6 Å². The van der Waals surface area contributed by atoms with Crippen LogP contribution in [0.2, 0.25) is 0 Å². The standard InChI is InChI=1S/C16H11F2N3O3/c17-11-2-1-3-12(18)10(11)6-9-4-5-15(24-9)13(22)7-14(23)16-19-8-20-21-16/h1-5,7-8,23H,6H2,(H,19,20,21). The van der Waals surface area contributed by atoms with Crippen molar-refractivity contribution in [2.45, 2.75) is 6.42 Å². The van der Waals surface area contributed by atoms with E-state index in [1.165, 1.54) is 24.5 Å². The molecule has 122 valence electrons. The van der Waals surface area contributed by atoms with Crippen LogP contribution >= 0.6 is 0 Å². The minimum absolute atomic E-state index is 0.0384. The normalized spacial score (nSPS) is 11.7. The molecule has 8 heteroatoms. The van der Waals surface area contributed by atoms with E-state index in [-0.39, 0.29) is 29.3 Å². The Hall–Kier alpha value is -3.29. The smallest absolute Gasteiger partial charge is 0.224 e. The van der Waals surface area contributed by atoms with Crippen LogP contribution < -0.4 is 0 Å². The highest BCUT2D eigenvalue weighted by Gasteiger charge is 2.15. The summed E-state index contributed by atoms with van der Waals surface area (Å²) in [4.78, 5) is 15.7. The first-order chi connectivity index (χ1) is 11.5. The maximum absolute atomic E-state index is 13.6. The maximum atomic E-state index is 13.6. The number of aliphatic hydroxyl groups is 1. The molecular weight excluding hydrogens is 320 g/mol. The number of hydrogen-bond donors (Lipinski definition) is 2. The second kappa shape index (κ2) is 6.45. The molecule has 0 saturated heterocycles. The molecule has 3 rings (SSSR count). The van der Waals surface area contributed by atoms with Crippen LogP contribution in [-0.4, -0.2) is 26.1 Å². The lowest BCUT2D eigenvalue weighted by molar-refractivity contribution is 0.101. The Morgan fingerprint density at radius 2 is 2.00 bits per heavy atom. The summed E-state index contributed by atoms with van der Waals surface area (Å²) in [7, 11) is 0. The molecule has 2 N–H and O–H groups in total. The van der Waals surface area contributed by atoms with Crippen LogP contribution in [0.4, 0.5) is 8.78 Å². The van der Waals surface area contributed by atoms with E-state index < -0.39 is 23.2 Å². The molecule has 0 fully saturated rings. The van der Waals surface area contributed by atoms with Gasteiger partial charge in [0.05, 0.1) is 0 Å². The molecule has 2 aromatic heterocycles. The fraction of sp³-hybridized carbons (Fsp3) is 0.0625. The van der Waals surface area contributed by atoms with Gasteiger partial charge < -0.3 is 9.52 Å². The fourth-order valence-electron chi connectivity index (χ4n) is 2.07. The predicted molar refractivity (Wildman–Crippen MR) is 79.2 cm³/mol. The number of H-pyrrole nitrogens is 1. The number of aromatic amines is 1. The minimum atomic E-state index is -0.693. The number of allylic oxidation sites excluding steroid dienone is 1. The maximum Gasteiger partial charge on any atom is 0.224 e. The molecule has 0 aliphatic carbocycles. The lowest BCUT2D eigenvalue weighted by Crippen LogP contribution is -1.97. The second-order valence-corrected chi connectivity index (χ2v) is 4.86. The van der Waals surface area contributed by atoms with Crippen LogP contribution in [-0.2, 0) is 6.42 Å². The van der Waals surface area contributed by atoms with Gasteiger partial charge in [0.25, 0.3) is 0 Å². The molecule has 1 aromatic carbocycles. The van der Waals surface area contributed by atoms with Crippen molar-refractivity contribution in [2.24, 2.45) is 0 Å². The van der Waals surface area contributed by atoms with E-state index >= 15 is 0 Å². The third-order valence-corrected chi connectivity index (χ3v) is 3.23. The number of carbonyl (C=O) groups is 1. The Morgan fingerprint density at radius 1 is 1.25 bits per heavy atom. The number of ketones is 1. The van der Waals surface area contributed by atoms with Gasteiger partial charge >= 0.3 is 0 Å². The van der Waals surface area contributed by atoms with Gasteiger partial charge in [0.2, 0.25) is 11.6 Å². The molecular formula is C16H11F2N3O3. The van der Waals surface area contributed by atoms with Crippen LogP contribution in [0.25, 0.3) is 5.76 Å². The van der Waals surface area contributed by atoms with Crippen molar-refractivity contribution in [3.63, 3.8) is 0 Å². The largest absolute Gasteiger partial charge is 0.504 e. The number of hydrogen-bond acceptors (Lipinski definition) is 5. The molecule has 0 amide bonds. The lowest BCUT2D eigenvalue weighted by atomic mass is 10.1. The summed E-state index contributed by atoms with van der Waals surface area (Å²) in [5.41, 5.74) is -0.148. The molecule has 2 heterocycles. The first kappa shape index (κ1) is 15.6. The molecule has 24 heavy (non-hydrogen) atoms. The summed E-state index contributed by atoms with van der Waals surface area (Å²) < 4.78 is 32.5. The summed E-state index contributed by atoms with van der Waals surface area (Å²) in [6.45, 7) is 0. The molecule has 0 aliphatic rings.